The van der Waals surface area contributed by atoms with Crippen LogP contribution in [0.1, 0.15) is 18.7 Å². The fourth-order valence-corrected chi connectivity index (χ4v) is 3.40. The highest BCUT2D eigenvalue weighted by Gasteiger charge is 2.12. The second kappa shape index (κ2) is 8.61. The Kier molecular flexibility index (Phi) is 5.99. The van der Waals surface area contributed by atoms with Crippen LogP contribution < -0.4 is 10.9 Å². The number of fused-ring (bicyclic) bond motifs is 1. The third-order valence-electron chi connectivity index (χ3n) is 4.15. The molecule has 0 aliphatic carbocycles. The molecule has 2 aromatic heterocycles. The maximum absolute atomic E-state index is 12.3. The summed E-state index contributed by atoms with van der Waals surface area (Å²) in [5, 5.41) is 15.6. The van der Waals surface area contributed by atoms with Gasteiger partial charge in [0.25, 0.3) is 11.2 Å². The number of nitro groups is 1. The molecule has 3 rings (SSSR count). The highest BCUT2D eigenvalue weighted by Crippen LogP contribution is 2.16. The van der Waals surface area contributed by atoms with E-state index in [1.807, 2.05) is 5.38 Å². The number of aromatic amines is 1. The zero-order chi connectivity index (χ0) is 20.1. The topological polar surface area (TPSA) is 121 Å². The van der Waals surface area contributed by atoms with E-state index in [1.165, 1.54) is 28.4 Å². The van der Waals surface area contributed by atoms with Gasteiger partial charge in [-0.3, -0.25) is 19.7 Å². The molecule has 0 aliphatic heterocycles. The monoisotopic (exact) mass is 401 g/mol. The van der Waals surface area contributed by atoms with Gasteiger partial charge in [-0.25, -0.2) is 4.98 Å². The summed E-state index contributed by atoms with van der Waals surface area (Å²) in [6, 6.07) is 7.91. The van der Waals surface area contributed by atoms with Gasteiger partial charge >= 0.3 is 0 Å². The lowest BCUT2D eigenvalue weighted by Gasteiger charge is -2.16. The van der Waals surface area contributed by atoms with E-state index in [9.17, 15) is 19.7 Å². The molecule has 2 heterocycles. The van der Waals surface area contributed by atoms with Crippen molar-refractivity contribution in [3.63, 3.8) is 0 Å². The Balaban J connectivity index is 1.46. The minimum absolute atomic E-state index is 0.0367. The second-order valence-corrected chi connectivity index (χ2v) is 7.15. The van der Waals surface area contributed by atoms with Crippen LogP contribution in [0.5, 0.6) is 0 Å². The van der Waals surface area contributed by atoms with Crippen molar-refractivity contribution in [3.05, 3.63) is 62.0 Å². The number of anilines is 1. The smallest absolute Gasteiger partial charge is 0.269 e. The number of amides is 1. The predicted molar refractivity (Wildman–Crippen MR) is 108 cm³/mol. The van der Waals surface area contributed by atoms with E-state index in [0.29, 0.717) is 35.4 Å². The Morgan fingerprint density at radius 2 is 2.07 bits per heavy atom. The zero-order valence-corrected chi connectivity index (χ0v) is 16.0. The number of nitro benzene ring substituents is 1. The maximum Gasteiger partial charge on any atom is 0.269 e. The molecule has 9 nitrogen and oxygen atoms in total. The molecule has 0 saturated heterocycles. The standard InChI is InChI=1S/C18H19N5O4S/c1-22(11-15-20-14-8-10-28-17(14)18(25)21-15)16(24)3-2-9-19-12-4-6-13(7-5-12)23(26)27/h4-8,10,19H,2-3,9,11H2,1H3,(H,20,21,25). The summed E-state index contributed by atoms with van der Waals surface area (Å²) in [5.74, 6) is 0.398. The minimum Gasteiger partial charge on any atom is -0.385 e. The quantitative estimate of drug-likeness (QED) is 0.340. The molecule has 3 aromatic rings. The summed E-state index contributed by atoms with van der Waals surface area (Å²) in [7, 11) is 1.67. The Bertz CT molecular complexity index is 1040. The molecule has 1 aromatic carbocycles. The number of benzene rings is 1. The van der Waals surface area contributed by atoms with E-state index in [0.717, 1.165) is 5.69 Å². The van der Waals surface area contributed by atoms with Crippen molar-refractivity contribution in [1.82, 2.24) is 14.9 Å². The number of hydrogen-bond donors (Lipinski definition) is 2. The summed E-state index contributed by atoms with van der Waals surface area (Å²) < 4.78 is 0.579. The van der Waals surface area contributed by atoms with Crippen molar-refractivity contribution in [2.75, 3.05) is 18.9 Å². The summed E-state index contributed by atoms with van der Waals surface area (Å²) >= 11 is 1.33. The first-order chi connectivity index (χ1) is 13.4. The molecule has 0 saturated carbocycles. The normalized spacial score (nSPS) is 10.8. The Hall–Kier alpha value is -3.27. The molecule has 0 bridgehead atoms. The fraction of sp³-hybridized carbons (Fsp3) is 0.278. The average Bonchev–Trinajstić information content (AvgIpc) is 3.14. The summed E-state index contributed by atoms with van der Waals surface area (Å²) in [5.41, 5.74) is 1.24. The van der Waals surface area contributed by atoms with Crippen LogP contribution in [0.3, 0.4) is 0 Å². The molecule has 0 aliphatic rings. The Morgan fingerprint density at radius 3 is 2.79 bits per heavy atom. The van der Waals surface area contributed by atoms with Crippen LogP contribution in [0.25, 0.3) is 10.2 Å². The number of aromatic nitrogens is 2. The van der Waals surface area contributed by atoms with E-state index in [2.05, 4.69) is 15.3 Å². The number of carbonyl (C=O) groups is 1. The molecule has 0 atom stereocenters. The van der Waals surface area contributed by atoms with Gasteiger partial charge in [-0.2, -0.15) is 0 Å². The van der Waals surface area contributed by atoms with Gasteiger partial charge in [0.05, 0.1) is 17.0 Å². The molecule has 2 N–H and O–H groups in total. The van der Waals surface area contributed by atoms with Crippen molar-refractivity contribution >= 4 is 38.8 Å². The van der Waals surface area contributed by atoms with Crippen LogP contribution in [-0.4, -0.2) is 39.3 Å². The zero-order valence-electron chi connectivity index (χ0n) is 15.2. The van der Waals surface area contributed by atoms with Gasteiger partial charge in [-0.05, 0) is 30.0 Å². The first kappa shape index (κ1) is 19.5. The van der Waals surface area contributed by atoms with Crippen LogP contribution >= 0.6 is 11.3 Å². The lowest BCUT2D eigenvalue weighted by molar-refractivity contribution is -0.384. The number of non-ortho nitro benzene ring substituents is 1. The molecule has 0 radical (unpaired) electrons. The molecular weight excluding hydrogens is 382 g/mol. The van der Waals surface area contributed by atoms with Gasteiger partial charge in [0.15, 0.2) is 0 Å². The van der Waals surface area contributed by atoms with E-state index in [4.69, 9.17) is 0 Å². The van der Waals surface area contributed by atoms with Crippen molar-refractivity contribution in [2.24, 2.45) is 0 Å². The Morgan fingerprint density at radius 1 is 1.32 bits per heavy atom. The number of hydrogen-bond acceptors (Lipinski definition) is 7. The molecule has 0 spiro atoms. The Labute approximate surface area is 164 Å². The fourth-order valence-electron chi connectivity index (χ4n) is 2.67. The second-order valence-electron chi connectivity index (χ2n) is 6.23. The summed E-state index contributed by atoms with van der Waals surface area (Å²) in [6.07, 6.45) is 0.940. The molecule has 10 heteroatoms. The minimum atomic E-state index is -0.448. The van der Waals surface area contributed by atoms with Gasteiger partial charge < -0.3 is 15.2 Å². The van der Waals surface area contributed by atoms with Crippen molar-refractivity contribution < 1.29 is 9.72 Å². The number of H-pyrrole nitrogens is 1. The van der Waals surface area contributed by atoms with Gasteiger partial charge in [-0.1, -0.05) is 0 Å². The summed E-state index contributed by atoms with van der Waals surface area (Å²) in [4.78, 5) is 43.1. The van der Waals surface area contributed by atoms with Crippen LogP contribution in [0.15, 0.2) is 40.5 Å². The first-order valence-corrected chi connectivity index (χ1v) is 9.50. The largest absolute Gasteiger partial charge is 0.385 e. The SMILES string of the molecule is CN(Cc1nc2ccsc2c(=O)[nH]1)C(=O)CCCNc1ccc([N+](=O)[O-])cc1. The van der Waals surface area contributed by atoms with Crippen molar-refractivity contribution in [1.29, 1.82) is 0 Å². The molecule has 28 heavy (non-hydrogen) atoms. The first-order valence-electron chi connectivity index (χ1n) is 8.63. The van der Waals surface area contributed by atoms with E-state index >= 15 is 0 Å². The van der Waals surface area contributed by atoms with Crippen LogP contribution in [0.2, 0.25) is 0 Å². The number of carbonyl (C=O) groups excluding carboxylic acids is 1. The van der Waals surface area contributed by atoms with E-state index in [1.54, 1.807) is 25.2 Å². The van der Waals surface area contributed by atoms with Gasteiger partial charge in [-0.15, -0.1) is 11.3 Å². The van der Waals surface area contributed by atoms with E-state index in [-0.39, 0.29) is 23.7 Å². The van der Waals surface area contributed by atoms with Gasteiger partial charge in [0.1, 0.15) is 10.5 Å². The van der Waals surface area contributed by atoms with Crippen LogP contribution in [0.4, 0.5) is 11.4 Å². The highest BCUT2D eigenvalue weighted by atomic mass is 32.1. The number of nitrogens with zero attached hydrogens (tertiary/aromatic N) is 3. The third-order valence-corrected chi connectivity index (χ3v) is 5.05. The van der Waals surface area contributed by atoms with Gasteiger partial charge in [0.2, 0.25) is 5.91 Å². The lowest BCUT2D eigenvalue weighted by atomic mass is 10.2. The van der Waals surface area contributed by atoms with E-state index < -0.39 is 4.92 Å². The van der Waals surface area contributed by atoms with Crippen molar-refractivity contribution in [2.45, 2.75) is 19.4 Å². The predicted octanol–water partition coefficient (Wildman–Crippen LogP) is 2.74. The molecule has 0 unspecified atom stereocenters. The number of rotatable bonds is 8. The third kappa shape index (κ3) is 4.71. The maximum atomic E-state index is 12.3. The molecule has 1 amide bonds. The average molecular weight is 401 g/mol. The lowest BCUT2D eigenvalue weighted by Crippen LogP contribution is -2.28. The number of nitrogens with one attached hydrogen (secondary N) is 2. The number of thiophene rings is 1. The highest BCUT2D eigenvalue weighted by molar-refractivity contribution is 7.17. The molecule has 146 valence electrons. The van der Waals surface area contributed by atoms with Gasteiger partial charge in [0, 0.05) is 37.8 Å². The molecular formula is C18H19N5O4S. The molecule has 0 fully saturated rings. The summed E-state index contributed by atoms with van der Waals surface area (Å²) in [6.45, 7) is 0.795. The van der Waals surface area contributed by atoms with Crippen molar-refractivity contribution in [3.8, 4) is 0 Å². The van der Waals surface area contributed by atoms with Crippen LogP contribution in [-0.2, 0) is 11.3 Å². The van der Waals surface area contributed by atoms with Crippen LogP contribution in [0, 0.1) is 10.1 Å².